The highest BCUT2D eigenvalue weighted by molar-refractivity contribution is 6.13. The van der Waals surface area contributed by atoms with Gasteiger partial charge in [-0.3, -0.25) is 4.98 Å². The van der Waals surface area contributed by atoms with Gasteiger partial charge in [-0.2, -0.15) is 0 Å². The predicted octanol–water partition coefficient (Wildman–Crippen LogP) is 7.86. The van der Waals surface area contributed by atoms with Crippen LogP contribution in [0, 0.1) is 12.7 Å². The summed E-state index contributed by atoms with van der Waals surface area (Å²) in [6.45, 7) is 6.49. The summed E-state index contributed by atoms with van der Waals surface area (Å²) in [6.07, 6.45) is 3.85. The Morgan fingerprint density at radius 1 is 0.886 bits per heavy atom. The maximum atomic E-state index is 15.4. The summed E-state index contributed by atoms with van der Waals surface area (Å²) in [5.74, 6) is 0.102. The molecule has 0 aliphatic carbocycles. The van der Waals surface area contributed by atoms with E-state index in [1.165, 1.54) is 11.6 Å². The van der Waals surface area contributed by atoms with Gasteiger partial charge in [0, 0.05) is 34.5 Å². The largest absolute Gasteiger partial charge is 0.454 e. The second kappa shape index (κ2) is 8.02. The summed E-state index contributed by atoms with van der Waals surface area (Å²) in [6, 6.07) is 21.7. The van der Waals surface area contributed by atoms with Crippen LogP contribution in [0.1, 0.15) is 30.9 Å². The van der Waals surface area contributed by atoms with Gasteiger partial charge < -0.3 is 4.42 Å². The average Bonchev–Trinajstić information content (AvgIpc) is 3.22. The quantitative estimate of drug-likeness (QED) is 0.251. The molecular weight excluding hydrogens is 435 g/mol. The van der Waals surface area contributed by atoms with Crippen LogP contribution in [0.3, 0.4) is 0 Å². The van der Waals surface area contributed by atoms with E-state index in [9.17, 15) is 0 Å². The second-order valence-electron chi connectivity index (χ2n) is 9.56. The number of hydrogen-bond donors (Lipinski definition) is 0. The van der Waals surface area contributed by atoms with Gasteiger partial charge in [0.1, 0.15) is 24.0 Å². The van der Waals surface area contributed by atoms with E-state index in [0.717, 1.165) is 49.6 Å². The standard InChI is InChI=1S/C31H26FN2O/c1-18(2)21-13-15-34(4)27(17-21)28-19(3)7-10-23-24-11-12-25(32)29(31(24)35-30(23)28)22-9-8-20-6-5-14-33-26(20)16-22/h5-18H,1-4H3/q+1. The van der Waals surface area contributed by atoms with Crippen LogP contribution in [0.2, 0.25) is 0 Å². The molecule has 0 aliphatic heterocycles. The van der Waals surface area contributed by atoms with E-state index in [0.29, 0.717) is 17.1 Å². The molecule has 172 valence electrons. The van der Waals surface area contributed by atoms with Gasteiger partial charge in [0.05, 0.1) is 16.6 Å². The third-order valence-corrected chi connectivity index (χ3v) is 6.96. The molecule has 0 bridgehead atoms. The molecule has 0 saturated heterocycles. The van der Waals surface area contributed by atoms with E-state index in [4.69, 9.17) is 4.42 Å². The fraction of sp³-hybridized carbons (Fsp3) is 0.161. The molecule has 0 saturated carbocycles. The Bertz CT molecular complexity index is 1760. The molecule has 0 amide bonds. The molecule has 4 heteroatoms. The number of rotatable bonds is 3. The number of aromatic nitrogens is 2. The molecule has 3 aromatic carbocycles. The molecule has 0 fully saturated rings. The lowest BCUT2D eigenvalue weighted by molar-refractivity contribution is -0.660. The molecule has 35 heavy (non-hydrogen) atoms. The van der Waals surface area contributed by atoms with Crippen molar-refractivity contribution < 1.29 is 13.4 Å². The number of furan rings is 1. The molecule has 6 aromatic rings. The maximum absolute atomic E-state index is 15.4. The summed E-state index contributed by atoms with van der Waals surface area (Å²) in [7, 11) is 2.05. The molecule has 0 aliphatic rings. The molecule has 0 unspecified atom stereocenters. The van der Waals surface area contributed by atoms with E-state index in [1.54, 1.807) is 6.20 Å². The van der Waals surface area contributed by atoms with Gasteiger partial charge in [-0.15, -0.1) is 0 Å². The van der Waals surface area contributed by atoms with Crippen LogP contribution in [0.25, 0.3) is 55.2 Å². The maximum Gasteiger partial charge on any atom is 0.216 e. The van der Waals surface area contributed by atoms with Crippen molar-refractivity contribution >= 4 is 32.8 Å². The van der Waals surface area contributed by atoms with Gasteiger partial charge in [-0.25, -0.2) is 8.96 Å². The van der Waals surface area contributed by atoms with Crippen LogP contribution in [0.15, 0.2) is 83.5 Å². The van der Waals surface area contributed by atoms with Crippen molar-refractivity contribution in [3.8, 4) is 22.4 Å². The zero-order chi connectivity index (χ0) is 24.3. The first-order chi connectivity index (χ1) is 16.9. The summed E-state index contributed by atoms with van der Waals surface area (Å²) in [4.78, 5) is 4.46. The highest BCUT2D eigenvalue weighted by atomic mass is 19.1. The van der Waals surface area contributed by atoms with Crippen LogP contribution in [-0.2, 0) is 7.05 Å². The van der Waals surface area contributed by atoms with Crippen LogP contribution in [-0.4, -0.2) is 4.98 Å². The van der Waals surface area contributed by atoms with Crippen LogP contribution in [0.5, 0.6) is 0 Å². The highest BCUT2D eigenvalue weighted by Crippen LogP contribution is 2.42. The summed E-state index contributed by atoms with van der Waals surface area (Å²) >= 11 is 0. The molecule has 6 rings (SSSR count). The van der Waals surface area contributed by atoms with Crippen molar-refractivity contribution in [1.82, 2.24) is 4.98 Å². The first kappa shape index (κ1) is 21.5. The predicted molar refractivity (Wildman–Crippen MR) is 140 cm³/mol. The van der Waals surface area contributed by atoms with Gasteiger partial charge in [0.25, 0.3) is 0 Å². The molecular formula is C31H26FN2O+. The van der Waals surface area contributed by atoms with Gasteiger partial charge in [0.2, 0.25) is 5.69 Å². The van der Waals surface area contributed by atoms with Gasteiger partial charge in [-0.1, -0.05) is 44.2 Å². The molecule has 3 aromatic heterocycles. The molecule has 0 atom stereocenters. The highest BCUT2D eigenvalue weighted by Gasteiger charge is 2.24. The number of pyridine rings is 2. The first-order valence-corrected chi connectivity index (χ1v) is 11.9. The van der Waals surface area contributed by atoms with Crippen LogP contribution in [0.4, 0.5) is 4.39 Å². The van der Waals surface area contributed by atoms with E-state index < -0.39 is 0 Å². The van der Waals surface area contributed by atoms with Crippen molar-refractivity contribution in [2.45, 2.75) is 26.7 Å². The van der Waals surface area contributed by atoms with E-state index >= 15 is 4.39 Å². The number of benzene rings is 3. The zero-order valence-corrected chi connectivity index (χ0v) is 20.3. The lowest BCUT2D eigenvalue weighted by atomic mass is 9.96. The van der Waals surface area contributed by atoms with Gasteiger partial charge >= 0.3 is 0 Å². The Morgan fingerprint density at radius 3 is 2.46 bits per heavy atom. The lowest BCUT2D eigenvalue weighted by Crippen LogP contribution is -2.31. The average molecular weight is 462 g/mol. The third-order valence-electron chi connectivity index (χ3n) is 6.96. The van der Waals surface area contributed by atoms with Crippen molar-refractivity contribution in [2.75, 3.05) is 0 Å². The van der Waals surface area contributed by atoms with Crippen molar-refractivity contribution in [1.29, 1.82) is 0 Å². The molecule has 3 heterocycles. The number of aryl methyl sites for hydroxylation is 2. The minimum Gasteiger partial charge on any atom is -0.454 e. The van der Waals surface area contributed by atoms with Crippen molar-refractivity contribution in [3.63, 3.8) is 0 Å². The Morgan fingerprint density at radius 2 is 1.66 bits per heavy atom. The van der Waals surface area contributed by atoms with Crippen LogP contribution >= 0.6 is 0 Å². The topological polar surface area (TPSA) is 29.9 Å². The van der Waals surface area contributed by atoms with E-state index in [-0.39, 0.29) is 5.82 Å². The first-order valence-electron chi connectivity index (χ1n) is 11.9. The summed E-state index contributed by atoms with van der Waals surface area (Å²) in [5, 5.41) is 2.90. The number of fused-ring (bicyclic) bond motifs is 4. The van der Waals surface area contributed by atoms with E-state index in [1.807, 2.05) is 43.4 Å². The van der Waals surface area contributed by atoms with Crippen LogP contribution < -0.4 is 4.57 Å². The second-order valence-corrected chi connectivity index (χ2v) is 9.56. The fourth-order valence-corrected chi connectivity index (χ4v) is 4.98. The normalized spacial score (nSPS) is 11.8. The smallest absolute Gasteiger partial charge is 0.216 e. The molecule has 0 N–H and O–H groups in total. The Hall–Kier alpha value is -4.05. The van der Waals surface area contributed by atoms with Crippen molar-refractivity contribution in [3.05, 3.63) is 96.1 Å². The number of nitrogens with zero attached hydrogens (tertiary/aromatic N) is 2. The van der Waals surface area contributed by atoms with Gasteiger partial charge in [0.15, 0.2) is 6.20 Å². The van der Waals surface area contributed by atoms with E-state index in [2.05, 4.69) is 60.8 Å². The summed E-state index contributed by atoms with van der Waals surface area (Å²) < 4.78 is 24.1. The van der Waals surface area contributed by atoms with Gasteiger partial charge in [-0.05, 0) is 53.8 Å². The third kappa shape index (κ3) is 3.40. The molecule has 0 radical (unpaired) electrons. The van der Waals surface area contributed by atoms with Crippen molar-refractivity contribution in [2.24, 2.45) is 7.05 Å². The Kier molecular flexibility index (Phi) is 4.92. The zero-order valence-electron chi connectivity index (χ0n) is 20.3. The number of halogens is 1. The Balaban J connectivity index is 1.67. The molecule has 0 spiro atoms. The minimum atomic E-state index is -0.308. The Labute approximate surface area is 203 Å². The fourth-order valence-electron chi connectivity index (χ4n) is 4.98. The lowest BCUT2D eigenvalue weighted by Gasteiger charge is -2.09. The number of hydrogen-bond acceptors (Lipinski definition) is 2. The summed E-state index contributed by atoms with van der Waals surface area (Å²) in [5.41, 5.74) is 7.88. The monoisotopic (exact) mass is 461 g/mol. The minimum absolute atomic E-state index is 0.308. The molecule has 3 nitrogen and oxygen atoms in total. The SMILES string of the molecule is Cc1ccc2c(oc3c(-c4ccc5cccnc5c4)c(F)ccc32)c1-c1cc(C(C)C)cc[n+]1C.